The van der Waals surface area contributed by atoms with Crippen LogP contribution < -0.4 is 0 Å². The van der Waals surface area contributed by atoms with Gasteiger partial charge >= 0.3 is 0 Å². The summed E-state index contributed by atoms with van der Waals surface area (Å²) < 4.78 is 2.69. The van der Waals surface area contributed by atoms with E-state index in [2.05, 4.69) is 57.0 Å². The van der Waals surface area contributed by atoms with Crippen molar-refractivity contribution in [2.24, 2.45) is 5.41 Å². The smallest absolute Gasteiger partial charge is 0.253 e. The van der Waals surface area contributed by atoms with Crippen molar-refractivity contribution in [3.05, 3.63) is 51.8 Å². The second-order valence-electron chi connectivity index (χ2n) is 7.10. The van der Waals surface area contributed by atoms with Crippen molar-refractivity contribution in [1.82, 2.24) is 19.6 Å². The molecule has 128 valence electrons. The average molecular weight is 417 g/mol. The highest BCUT2D eigenvalue weighted by atomic mass is 79.9. The summed E-state index contributed by atoms with van der Waals surface area (Å²) in [7, 11) is 0. The molecule has 0 bridgehead atoms. The topological polar surface area (TPSA) is 60.2 Å². The van der Waals surface area contributed by atoms with E-state index in [1.807, 2.05) is 12.1 Å². The normalized spacial score (nSPS) is 16.2. The van der Waals surface area contributed by atoms with Crippen LogP contribution in [0.25, 0.3) is 5.78 Å². The van der Waals surface area contributed by atoms with E-state index in [0.717, 1.165) is 22.3 Å². The molecular formula is C18H17BrN4OS. The van der Waals surface area contributed by atoms with Crippen LogP contribution in [0.3, 0.4) is 0 Å². The molecule has 4 rings (SSSR count). The standard InChI is InChI=1S/C18H17BrN4OS/c1-18(2)7-14-13(15(24)8-18)9-23-16(20-14)21-17(22-23)25-10-11-3-5-12(19)6-4-11/h3-6,9H,7-8,10H2,1-2H3. The van der Waals surface area contributed by atoms with Gasteiger partial charge in [-0.15, -0.1) is 5.10 Å². The molecule has 7 heteroatoms. The lowest BCUT2D eigenvalue weighted by molar-refractivity contribution is 0.0909. The Morgan fingerprint density at radius 3 is 2.72 bits per heavy atom. The minimum atomic E-state index is -0.0470. The van der Waals surface area contributed by atoms with E-state index in [0.29, 0.717) is 22.9 Å². The van der Waals surface area contributed by atoms with E-state index in [1.54, 1.807) is 22.5 Å². The van der Waals surface area contributed by atoms with Gasteiger partial charge in [-0.05, 0) is 29.5 Å². The van der Waals surface area contributed by atoms with Crippen LogP contribution in [-0.4, -0.2) is 25.4 Å². The van der Waals surface area contributed by atoms with Crippen LogP contribution in [0.1, 0.15) is 41.9 Å². The Labute approximate surface area is 158 Å². The van der Waals surface area contributed by atoms with Crippen molar-refractivity contribution in [1.29, 1.82) is 0 Å². The molecule has 0 aliphatic heterocycles. The molecule has 25 heavy (non-hydrogen) atoms. The zero-order chi connectivity index (χ0) is 17.6. The third-order valence-corrected chi connectivity index (χ3v) is 5.70. The van der Waals surface area contributed by atoms with Gasteiger partial charge in [-0.25, -0.2) is 9.50 Å². The number of halogens is 1. The number of carbonyl (C=O) groups is 1. The number of hydrogen-bond acceptors (Lipinski definition) is 5. The molecule has 0 radical (unpaired) electrons. The quantitative estimate of drug-likeness (QED) is 0.594. The van der Waals surface area contributed by atoms with Gasteiger partial charge < -0.3 is 0 Å². The summed E-state index contributed by atoms with van der Waals surface area (Å²) in [6, 6.07) is 8.20. The van der Waals surface area contributed by atoms with Crippen molar-refractivity contribution in [2.75, 3.05) is 0 Å². The Balaban J connectivity index is 1.60. The van der Waals surface area contributed by atoms with E-state index in [4.69, 9.17) is 0 Å². The number of ketones is 1. The predicted octanol–water partition coefficient (Wildman–Crippen LogP) is 4.33. The fourth-order valence-electron chi connectivity index (χ4n) is 3.04. The molecule has 2 aromatic heterocycles. The molecule has 1 aromatic carbocycles. The first-order chi connectivity index (χ1) is 11.9. The highest BCUT2D eigenvalue weighted by molar-refractivity contribution is 9.10. The third kappa shape index (κ3) is 3.48. The summed E-state index contributed by atoms with van der Waals surface area (Å²) >= 11 is 5.00. The van der Waals surface area contributed by atoms with E-state index < -0.39 is 0 Å². The molecule has 1 aliphatic rings. The van der Waals surface area contributed by atoms with Crippen LogP contribution in [0.4, 0.5) is 0 Å². The van der Waals surface area contributed by atoms with E-state index in [9.17, 15) is 4.79 Å². The molecule has 0 N–H and O–H groups in total. The van der Waals surface area contributed by atoms with Gasteiger partial charge in [0.15, 0.2) is 5.78 Å². The molecule has 0 spiro atoms. The molecule has 0 saturated carbocycles. The Kier molecular flexibility index (Phi) is 4.16. The van der Waals surface area contributed by atoms with Crippen LogP contribution in [0.15, 0.2) is 40.1 Å². The van der Waals surface area contributed by atoms with Gasteiger partial charge in [0.2, 0.25) is 5.16 Å². The number of benzene rings is 1. The average Bonchev–Trinajstić information content (AvgIpc) is 2.93. The van der Waals surface area contributed by atoms with Crippen molar-refractivity contribution >= 4 is 39.3 Å². The molecule has 0 saturated heterocycles. The molecule has 0 unspecified atom stereocenters. The van der Waals surface area contributed by atoms with Crippen molar-refractivity contribution < 1.29 is 4.79 Å². The van der Waals surface area contributed by atoms with Crippen LogP contribution in [-0.2, 0) is 12.2 Å². The summed E-state index contributed by atoms with van der Waals surface area (Å²) in [5.41, 5.74) is 2.68. The molecule has 0 fully saturated rings. The van der Waals surface area contributed by atoms with Crippen LogP contribution in [0.2, 0.25) is 0 Å². The number of fused-ring (bicyclic) bond motifs is 2. The Morgan fingerprint density at radius 2 is 1.96 bits per heavy atom. The number of rotatable bonds is 3. The van der Waals surface area contributed by atoms with Gasteiger partial charge in [-0.3, -0.25) is 4.79 Å². The maximum absolute atomic E-state index is 12.4. The second-order valence-corrected chi connectivity index (χ2v) is 8.95. The first-order valence-corrected chi connectivity index (χ1v) is 9.84. The predicted molar refractivity (Wildman–Crippen MR) is 101 cm³/mol. The minimum Gasteiger partial charge on any atom is -0.294 e. The fraction of sp³-hybridized carbons (Fsp3) is 0.333. The van der Waals surface area contributed by atoms with Crippen molar-refractivity contribution in [3.63, 3.8) is 0 Å². The van der Waals surface area contributed by atoms with Gasteiger partial charge in [0, 0.05) is 22.8 Å². The lowest BCUT2D eigenvalue weighted by Gasteiger charge is -2.28. The zero-order valence-electron chi connectivity index (χ0n) is 14.0. The molecule has 3 aromatic rings. The summed E-state index contributed by atoms with van der Waals surface area (Å²) in [5.74, 6) is 1.48. The number of aromatic nitrogens is 4. The maximum Gasteiger partial charge on any atom is 0.253 e. The summed E-state index contributed by atoms with van der Waals surface area (Å²) in [6.45, 7) is 4.20. The highest BCUT2D eigenvalue weighted by Gasteiger charge is 2.32. The Bertz CT molecular complexity index is 965. The lowest BCUT2D eigenvalue weighted by Crippen LogP contribution is -2.28. The first-order valence-electron chi connectivity index (χ1n) is 8.06. The van der Waals surface area contributed by atoms with Gasteiger partial charge in [0.25, 0.3) is 5.78 Å². The largest absolute Gasteiger partial charge is 0.294 e. The number of carbonyl (C=O) groups excluding carboxylic acids is 1. The highest BCUT2D eigenvalue weighted by Crippen LogP contribution is 2.34. The van der Waals surface area contributed by atoms with Crippen LogP contribution in [0.5, 0.6) is 0 Å². The third-order valence-electron chi connectivity index (χ3n) is 4.26. The Hall–Kier alpha value is -1.73. The van der Waals surface area contributed by atoms with E-state index >= 15 is 0 Å². The summed E-state index contributed by atoms with van der Waals surface area (Å²) in [6.07, 6.45) is 3.12. The van der Waals surface area contributed by atoms with Crippen molar-refractivity contribution in [2.45, 2.75) is 37.6 Å². The molecule has 0 atom stereocenters. The second kappa shape index (κ2) is 6.21. The van der Waals surface area contributed by atoms with E-state index in [1.165, 1.54) is 5.56 Å². The van der Waals surface area contributed by atoms with Crippen molar-refractivity contribution in [3.8, 4) is 0 Å². The number of nitrogens with zero attached hydrogens (tertiary/aromatic N) is 4. The summed E-state index contributed by atoms with van der Waals surface area (Å²) in [5, 5.41) is 5.14. The molecule has 2 heterocycles. The van der Waals surface area contributed by atoms with Crippen LogP contribution in [0, 0.1) is 5.41 Å². The lowest BCUT2D eigenvalue weighted by atomic mass is 9.76. The maximum atomic E-state index is 12.4. The number of thioether (sulfide) groups is 1. The number of Topliss-reactive ketones (excluding diaryl/α,β-unsaturated/α-hetero) is 1. The van der Waals surface area contributed by atoms with Crippen LogP contribution >= 0.6 is 27.7 Å². The molecule has 5 nitrogen and oxygen atoms in total. The van der Waals surface area contributed by atoms with E-state index in [-0.39, 0.29) is 11.2 Å². The van der Waals surface area contributed by atoms with Gasteiger partial charge in [-0.2, -0.15) is 4.98 Å². The fourth-order valence-corrected chi connectivity index (χ4v) is 4.08. The zero-order valence-corrected chi connectivity index (χ0v) is 16.4. The first kappa shape index (κ1) is 16.7. The SMILES string of the molecule is CC1(C)CC(=O)c2cn3nc(SCc4ccc(Br)cc4)nc3nc2C1. The molecule has 0 amide bonds. The minimum absolute atomic E-state index is 0.0470. The van der Waals surface area contributed by atoms with Gasteiger partial charge in [-0.1, -0.05) is 53.7 Å². The monoisotopic (exact) mass is 416 g/mol. The molecule has 1 aliphatic carbocycles. The van der Waals surface area contributed by atoms with Gasteiger partial charge in [0.1, 0.15) is 0 Å². The van der Waals surface area contributed by atoms with Gasteiger partial charge in [0.05, 0.1) is 11.3 Å². The summed E-state index contributed by atoms with van der Waals surface area (Å²) in [4.78, 5) is 21.5. The molecular weight excluding hydrogens is 400 g/mol. The Morgan fingerprint density at radius 1 is 1.20 bits per heavy atom. The number of hydrogen-bond donors (Lipinski definition) is 0.